The Morgan fingerprint density at radius 2 is 2.07 bits per heavy atom. The number of rotatable bonds is 5. The van der Waals surface area contributed by atoms with Crippen LogP contribution in [0.3, 0.4) is 0 Å². The van der Waals surface area contributed by atoms with Gasteiger partial charge in [0.1, 0.15) is 0 Å². The maximum absolute atomic E-state index is 9.24. The fourth-order valence-corrected chi connectivity index (χ4v) is 2.32. The van der Waals surface area contributed by atoms with Gasteiger partial charge in [-0.1, -0.05) is 26.2 Å². The van der Waals surface area contributed by atoms with Crippen LogP contribution in [0.1, 0.15) is 39.0 Å². The summed E-state index contributed by atoms with van der Waals surface area (Å²) in [6.07, 6.45) is 5.78. The van der Waals surface area contributed by atoms with Crippen LogP contribution in [0.5, 0.6) is 0 Å². The van der Waals surface area contributed by atoms with Crippen molar-refractivity contribution in [1.82, 2.24) is 5.32 Å². The summed E-state index contributed by atoms with van der Waals surface area (Å²) >= 11 is 0. The molecule has 1 aliphatic carbocycles. The van der Waals surface area contributed by atoms with Gasteiger partial charge in [-0.05, 0) is 18.8 Å². The Labute approximate surface area is 86.5 Å². The largest absolute Gasteiger partial charge is 0.394 e. The summed E-state index contributed by atoms with van der Waals surface area (Å²) in [6.45, 7) is 2.61. The van der Waals surface area contributed by atoms with Crippen molar-refractivity contribution in [1.29, 1.82) is 0 Å². The van der Waals surface area contributed by atoms with Gasteiger partial charge >= 0.3 is 0 Å². The monoisotopic (exact) mass is 201 g/mol. The van der Waals surface area contributed by atoms with Gasteiger partial charge in [0.05, 0.1) is 12.7 Å². The van der Waals surface area contributed by atoms with Crippen LogP contribution < -0.4 is 5.32 Å². The van der Waals surface area contributed by atoms with E-state index in [-0.39, 0.29) is 6.61 Å². The van der Waals surface area contributed by atoms with Crippen molar-refractivity contribution in [2.75, 3.05) is 13.2 Å². The average molecular weight is 201 g/mol. The molecule has 2 unspecified atom stereocenters. The van der Waals surface area contributed by atoms with Gasteiger partial charge in [-0.25, -0.2) is 0 Å². The van der Waals surface area contributed by atoms with Crippen molar-refractivity contribution in [3.05, 3.63) is 0 Å². The Kier molecular flexibility index (Phi) is 5.45. The molecule has 0 aliphatic heterocycles. The molecule has 3 nitrogen and oxygen atoms in total. The van der Waals surface area contributed by atoms with Gasteiger partial charge in [-0.3, -0.25) is 0 Å². The molecule has 84 valence electrons. The highest BCUT2D eigenvalue weighted by atomic mass is 16.3. The summed E-state index contributed by atoms with van der Waals surface area (Å²) in [6, 6.07) is 0.551. The maximum atomic E-state index is 9.24. The predicted octanol–water partition coefficient (Wildman–Crippen LogP) is 0.898. The van der Waals surface area contributed by atoms with Crippen LogP contribution in [0.4, 0.5) is 0 Å². The minimum Gasteiger partial charge on any atom is -0.394 e. The lowest BCUT2D eigenvalue weighted by Gasteiger charge is -2.32. The number of hydrogen-bond acceptors (Lipinski definition) is 3. The van der Waals surface area contributed by atoms with E-state index in [1.165, 1.54) is 32.1 Å². The van der Waals surface area contributed by atoms with Crippen LogP contribution in [0.25, 0.3) is 0 Å². The van der Waals surface area contributed by atoms with Crippen molar-refractivity contribution in [2.24, 2.45) is 5.92 Å². The van der Waals surface area contributed by atoms with Gasteiger partial charge in [0.25, 0.3) is 0 Å². The van der Waals surface area contributed by atoms with Gasteiger partial charge in [0, 0.05) is 12.6 Å². The van der Waals surface area contributed by atoms with Gasteiger partial charge in [0.15, 0.2) is 0 Å². The van der Waals surface area contributed by atoms with Crippen LogP contribution in [-0.4, -0.2) is 35.5 Å². The number of nitrogens with one attached hydrogen (secondary N) is 1. The van der Waals surface area contributed by atoms with Crippen molar-refractivity contribution >= 4 is 0 Å². The summed E-state index contributed by atoms with van der Waals surface area (Å²) < 4.78 is 0. The lowest BCUT2D eigenvalue weighted by molar-refractivity contribution is 0.0866. The van der Waals surface area contributed by atoms with Gasteiger partial charge < -0.3 is 15.5 Å². The fraction of sp³-hybridized carbons (Fsp3) is 1.00. The molecule has 0 amide bonds. The van der Waals surface area contributed by atoms with E-state index in [0.717, 1.165) is 5.92 Å². The van der Waals surface area contributed by atoms with Crippen LogP contribution in [0.15, 0.2) is 0 Å². The number of aliphatic hydroxyl groups excluding tert-OH is 2. The Bertz CT molecular complexity index is 152. The molecule has 3 atom stereocenters. The first-order chi connectivity index (χ1) is 6.77. The second-order valence-electron chi connectivity index (χ2n) is 4.30. The highest BCUT2D eigenvalue weighted by Gasteiger charge is 2.23. The molecule has 0 spiro atoms. The molecule has 0 saturated heterocycles. The first kappa shape index (κ1) is 12.0. The third kappa shape index (κ3) is 3.56. The van der Waals surface area contributed by atoms with Crippen molar-refractivity contribution in [2.45, 2.75) is 51.2 Å². The average Bonchev–Trinajstić information content (AvgIpc) is 2.26. The quantitative estimate of drug-likeness (QED) is 0.619. The molecule has 0 aromatic heterocycles. The molecule has 0 radical (unpaired) electrons. The molecule has 1 fully saturated rings. The van der Waals surface area contributed by atoms with Crippen molar-refractivity contribution in [3.8, 4) is 0 Å². The Morgan fingerprint density at radius 3 is 2.71 bits per heavy atom. The summed E-state index contributed by atoms with van der Waals surface area (Å²) in [5, 5.41) is 21.3. The van der Waals surface area contributed by atoms with Crippen LogP contribution >= 0.6 is 0 Å². The lowest BCUT2D eigenvalue weighted by atomic mass is 9.83. The smallest absolute Gasteiger partial charge is 0.0895 e. The third-order valence-corrected chi connectivity index (χ3v) is 3.26. The second kappa shape index (κ2) is 6.38. The predicted molar refractivity (Wildman–Crippen MR) is 57.1 cm³/mol. The van der Waals surface area contributed by atoms with E-state index in [0.29, 0.717) is 12.6 Å². The zero-order valence-electron chi connectivity index (χ0n) is 9.08. The van der Waals surface area contributed by atoms with E-state index in [9.17, 15) is 5.11 Å². The Hall–Kier alpha value is -0.120. The van der Waals surface area contributed by atoms with Gasteiger partial charge in [0.2, 0.25) is 0 Å². The Balaban J connectivity index is 2.26. The highest BCUT2D eigenvalue weighted by Crippen LogP contribution is 2.26. The summed E-state index contributed by atoms with van der Waals surface area (Å²) in [5.74, 6) is 0.759. The molecule has 1 rings (SSSR count). The van der Waals surface area contributed by atoms with E-state index < -0.39 is 6.10 Å². The van der Waals surface area contributed by atoms with Crippen molar-refractivity contribution in [3.63, 3.8) is 0 Å². The first-order valence-corrected chi connectivity index (χ1v) is 5.80. The molecular formula is C11H23NO2. The molecular weight excluding hydrogens is 178 g/mol. The minimum absolute atomic E-state index is 0.142. The summed E-state index contributed by atoms with van der Waals surface area (Å²) in [5.41, 5.74) is 0. The minimum atomic E-state index is -0.602. The fourth-order valence-electron chi connectivity index (χ4n) is 2.32. The van der Waals surface area contributed by atoms with E-state index in [4.69, 9.17) is 5.11 Å². The zero-order chi connectivity index (χ0) is 10.4. The Morgan fingerprint density at radius 1 is 1.36 bits per heavy atom. The molecule has 0 aromatic carbocycles. The maximum Gasteiger partial charge on any atom is 0.0895 e. The number of hydrogen-bond donors (Lipinski definition) is 3. The van der Waals surface area contributed by atoms with E-state index in [1.54, 1.807) is 0 Å². The molecule has 0 bridgehead atoms. The molecule has 3 N–H and O–H groups in total. The lowest BCUT2D eigenvalue weighted by Crippen LogP contribution is -2.42. The summed E-state index contributed by atoms with van der Waals surface area (Å²) in [7, 11) is 0. The van der Waals surface area contributed by atoms with Crippen LogP contribution in [0.2, 0.25) is 0 Å². The van der Waals surface area contributed by atoms with Gasteiger partial charge in [-0.2, -0.15) is 0 Å². The second-order valence-corrected chi connectivity index (χ2v) is 4.30. The standard InChI is InChI=1S/C11H23NO2/c1-2-9-5-3-4-6-11(9)12-7-10(14)8-13/h9-14H,2-8H2,1H3/t9?,10-,11?/m0/s1. The van der Waals surface area contributed by atoms with E-state index >= 15 is 0 Å². The SMILES string of the molecule is CCC1CCCCC1NC[C@H](O)CO. The van der Waals surface area contributed by atoms with E-state index in [2.05, 4.69) is 12.2 Å². The molecule has 3 heteroatoms. The molecule has 0 aromatic rings. The topological polar surface area (TPSA) is 52.5 Å². The van der Waals surface area contributed by atoms with E-state index in [1.807, 2.05) is 0 Å². The molecule has 1 aliphatic rings. The first-order valence-electron chi connectivity index (χ1n) is 5.80. The normalized spacial score (nSPS) is 30.2. The molecule has 0 heterocycles. The summed E-state index contributed by atoms with van der Waals surface area (Å²) in [4.78, 5) is 0. The van der Waals surface area contributed by atoms with Crippen LogP contribution in [0, 0.1) is 5.92 Å². The third-order valence-electron chi connectivity index (χ3n) is 3.26. The zero-order valence-corrected chi connectivity index (χ0v) is 9.08. The number of aliphatic hydroxyl groups is 2. The van der Waals surface area contributed by atoms with Crippen molar-refractivity contribution < 1.29 is 10.2 Å². The van der Waals surface area contributed by atoms with Crippen LogP contribution in [-0.2, 0) is 0 Å². The highest BCUT2D eigenvalue weighted by molar-refractivity contribution is 4.80. The van der Waals surface area contributed by atoms with Gasteiger partial charge in [-0.15, -0.1) is 0 Å². The molecule has 1 saturated carbocycles. The molecule has 14 heavy (non-hydrogen) atoms.